The number of nitrogens with zero attached hydrogens (tertiary/aromatic N) is 4. The molecule has 2 aromatic heterocycles. The Labute approximate surface area is 223 Å². The van der Waals surface area contributed by atoms with Crippen molar-refractivity contribution in [1.29, 1.82) is 0 Å². The van der Waals surface area contributed by atoms with Gasteiger partial charge in [0.2, 0.25) is 0 Å². The molecule has 10 heteroatoms. The zero-order valence-corrected chi connectivity index (χ0v) is 20.9. The molecule has 0 atom stereocenters. The molecule has 200 valence electrons. The van der Waals surface area contributed by atoms with Gasteiger partial charge in [0, 0.05) is 61.1 Å². The molecular weight excluding hydrogens is 509 g/mol. The average Bonchev–Trinajstić information content (AvgIpc) is 3.41. The number of rotatable bonds is 5. The number of ether oxygens (including phenoxy) is 3. The van der Waals surface area contributed by atoms with Crippen molar-refractivity contribution in [2.24, 2.45) is 0 Å². The largest absolute Gasteiger partial charge is 0.573 e. The van der Waals surface area contributed by atoms with E-state index < -0.39 is 12.1 Å². The quantitative estimate of drug-likeness (QED) is 0.306. The van der Waals surface area contributed by atoms with Crippen molar-refractivity contribution < 1.29 is 27.4 Å². The van der Waals surface area contributed by atoms with Gasteiger partial charge in [-0.1, -0.05) is 42.5 Å². The number of hydrogen-bond acceptors (Lipinski definition) is 7. The van der Waals surface area contributed by atoms with Crippen LogP contribution in [0.5, 0.6) is 5.75 Å². The Balaban J connectivity index is 1.32. The SMILES string of the molecule is FC(F)(F)Oc1ccc(-c2cncc(-c3cc(N4CCC5(CC4)OCCO5)nc(-c4ccccc4)n3)c2)cc1. The van der Waals surface area contributed by atoms with E-state index in [0.29, 0.717) is 30.3 Å². The van der Waals surface area contributed by atoms with Crippen molar-refractivity contribution in [3.8, 4) is 39.5 Å². The number of anilines is 1. The van der Waals surface area contributed by atoms with E-state index in [-0.39, 0.29) is 5.75 Å². The van der Waals surface area contributed by atoms with Crippen molar-refractivity contribution in [2.45, 2.75) is 25.0 Å². The first kappa shape index (κ1) is 25.3. The van der Waals surface area contributed by atoms with E-state index in [2.05, 4.69) is 14.6 Å². The minimum Gasteiger partial charge on any atom is -0.406 e. The fourth-order valence-electron chi connectivity index (χ4n) is 4.91. The third-order valence-electron chi connectivity index (χ3n) is 6.86. The first-order valence-corrected chi connectivity index (χ1v) is 12.6. The van der Waals surface area contributed by atoms with Crippen LogP contribution in [0, 0.1) is 0 Å². The lowest BCUT2D eigenvalue weighted by atomic mass is 10.0. The van der Waals surface area contributed by atoms with Crippen molar-refractivity contribution >= 4 is 5.82 Å². The summed E-state index contributed by atoms with van der Waals surface area (Å²) in [7, 11) is 0. The third kappa shape index (κ3) is 5.71. The van der Waals surface area contributed by atoms with E-state index in [1.54, 1.807) is 24.5 Å². The molecule has 4 heterocycles. The van der Waals surface area contributed by atoms with E-state index in [4.69, 9.17) is 19.4 Å². The highest BCUT2D eigenvalue weighted by molar-refractivity contribution is 5.73. The van der Waals surface area contributed by atoms with E-state index in [9.17, 15) is 13.2 Å². The van der Waals surface area contributed by atoms with Gasteiger partial charge in [-0.2, -0.15) is 0 Å². The highest BCUT2D eigenvalue weighted by Gasteiger charge is 2.40. The molecule has 0 N–H and O–H groups in total. The summed E-state index contributed by atoms with van der Waals surface area (Å²) in [6.45, 7) is 2.71. The summed E-state index contributed by atoms with van der Waals surface area (Å²) >= 11 is 0. The predicted octanol–water partition coefficient (Wildman–Crippen LogP) is 6.11. The highest BCUT2D eigenvalue weighted by atomic mass is 19.4. The second-order valence-corrected chi connectivity index (χ2v) is 9.43. The van der Waals surface area contributed by atoms with E-state index >= 15 is 0 Å². The van der Waals surface area contributed by atoms with Crippen molar-refractivity contribution in [1.82, 2.24) is 15.0 Å². The van der Waals surface area contributed by atoms with Gasteiger partial charge in [0.1, 0.15) is 11.6 Å². The van der Waals surface area contributed by atoms with E-state index in [1.165, 1.54) is 12.1 Å². The Morgan fingerprint density at radius 1 is 0.769 bits per heavy atom. The van der Waals surface area contributed by atoms with Crippen LogP contribution in [0.2, 0.25) is 0 Å². The Kier molecular flexibility index (Phi) is 6.66. The normalized spacial score (nSPS) is 16.9. The van der Waals surface area contributed by atoms with Crippen LogP contribution in [0.4, 0.5) is 19.0 Å². The Morgan fingerprint density at radius 2 is 1.46 bits per heavy atom. The standard InChI is InChI=1S/C29H25F3N4O3/c30-29(31,32)39-24-8-6-20(7-9-24)22-16-23(19-33-18-22)25-17-26(35-27(34-25)21-4-2-1-3-5-21)36-12-10-28(11-13-36)37-14-15-38-28/h1-9,16-19H,10-15H2. The lowest BCUT2D eigenvalue weighted by molar-refractivity contribution is -0.274. The molecule has 39 heavy (non-hydrogen) atoms. The molecular formula is C29H25F3N4O3. The molecule has 2 fully saturated rings. The summed E-state index contributed by atoms with van der Waals surface area (Å²) in [5, 5.41) is 0. The lowest BCUT2D eigenvalue weighted by Gasteiger charge is -2.38. The van der Waals surface area contributed by atoms with E-state index in [0.717, 1.165) is 48.4 Å². The maximum Gasteiger partial charge on any atom is 0.573 e. The molecule has 0 unspecified atom stereocenters. The molecule has 0 amide bonds. The van der Waals surface area contributed by atoms with Crippen LogP contribution in [0.15, 0.2) is 79.1 Å². The van der Waals surface area contributed by atoms with Crippen LogP contribution in [0.1, 0.15) is 12.8 Å². The van der Waals surface area contributed by atoms with Gasteiger partial charge in [0.25, 0.3) is 0 Å². The second kappa shape index (κ2) is 10.3. The summed E-state index contributed by atoms with van der Waals surface area (Å²) in [6, 6.07) is 19.3. The first-order valence-electron chi connectivity index (χ1n) is 12.6. The molecule has 0 saturated carbocycles. The fraction of sp³-hybridized carbons (Fsp3) is 0.276. The Bertz CT molecular complexity index is 1430. The summed E-state index contributed by atoms with van der Waals surface area (Å²) in [4.78, 5) is 16.4. The van der Waals surface area contributed by atoms with Gasteiger partial charge in [0.05, 0.1) is 18.9 Å². The second-order valence-electron chi connectivity index (χ2n) is 9.43. The first-order chi connectivity index (χ1) is 18.9. The lowest BCUT2D eigenvalue weighted by Crippen LogP contribution is -2.45. The van der Waals surface area contributed by atoms with Crippen LogP contribution in [-0.2, 0) is 9.47 Å². The topological polar surface area (TPSA) is 69.6 Å². The van der Waals surface area contributed by atoms with Crippen LogP contribution < -0.4 is 9.64 Å². The minimum absolute atomic E-state index is 0.278. The Morgan fingerprint density at radius 3 is 2.15 bits per heavy atom. The smallest absolute Gasteiger partial charge is 0.406 e. The van der Waals surface area contributed by atoms with Gasteiger partial charge in [0.15, 0.2) is 11.6 Å². The summed E-state index contributed by atoms with van der Waals surface area (Å²) in [5.41, 5.74) is 3.79. The molecule has 0 aliphatic carbocycles. The molecule has 2 saturated heterocycles. The zero-order chi connectivity index (χ0) is 26.9. The highest BCUT2D eigenvalue weighted by Crippen LogP contribution is 2.35. The molecule has 6 rings (SSSR count). The number of benzene rings is 2. The number of hydrogen-bond donors (Lipinski definition) is 0. The number of alkyl halides is 3. The molecule has 4 aromatic rings. The van der Waals surface area contributed by atoms with Gasteiger partial charge in [-0.05, 0) is 23.8 Å². The van der Waals surface area contributed by atoms with Gasteiger partial charge in [-0.3, -0.25) is 4.98 Å². The number of aromatic nitrogens is 3. The minimum atomic E-state index is -4.74. The van der Waals surface area contributed by atoms with Crippen molar-refractivity contribution in [3.63, 3.8) is 0 Å². The summed E-state index contributed by atoms with van der Waals surface area (Å²) < 4.78 is 53.4. The molecule has 2 aliphatic heterocycles. The molecule has 0 bridgehead atoms. The predicted molar refractivity (Wildman–Crippen MR) is 139 cm³/mol. The maximum atomic E-state index is 12.5. The number of halogens is 3. The molecule has 2 aromatic carbocycles. The summed E-state index contributed by atoms with van der Waals surface area (Å²) in [6.07, 6.45) is 0.137. The van der Waals surface area contributed by atoms with Crippen molar-refractivity contribution in [2.75, 3.05) is 31.2 Å². The van der Waals surface area contributed by atoms with Crippen LogP contribution >= 0.6 is 0 Å². The number of piperidine rings is 1. The average molecular weight is 535 g/mol. The molecule has 2 aliphatic rings. The third-order valence-corrected chi connectivity index (χ3v) is 6.86. The van der Waals surface area contributed by atoms with Crippen LogP contribution in [0.3, 0.4) is 0 Å². The number of pyridine rings is 1. The summed E-state index contributed by atoms with van der Waals surface area (Å²) in [5.74, 6) is 0.620. The van der Waals surface area contributed by atoms with Gasteiger partial charge < -0.3 is 19.1 Å². The van der Waals surface area contributed by atoms with Gasteiger partial charge >= 0.3 is 6.36 Å². The van der Waals surface area contributed by atoms with Crippen LogP contribution in [-0.4, -0.2) is 53.4 Å². The van der Waals surface area contributed by atoms with Gasteiger partial charge in [-0.15, -0.1) is 13.2 Å². The maximum absolute atomic E-state index is 12.5. The van der Waals surface area contributed by atoms with Gasteiger partial charge in [-0.25, -0.2) is 9.97 Å². The Hall–Kier alpha value is -4.02. The van der Waals surface area contributed by atoms with Crippen LogP contribution in [0.25, 0.3) is 33.8 Å². The van der Waals surface area contributed by atoms with Crippen molar-refractivity contribution in [3.05, 3.63) is 79.1 Å². The molecule has 1 spiro atoms. The molecule has 7 nitrogen and oxygen atoms in total. The molecule has 0 radical (unpaired) electrons. The van der Waals surface area contributed by atoms with E-state index in [1.807, 2.05) is 42.5 Å². The monoisotopic (exact) mass is 534 g/mol. The fourth-order valence-corrected chi connectivity index (χ4v) is 4.91. The zero-order valence-electron chi connectivity index (χ0n) is 20.9.